The molecule has 2 amide bonds. The lowest BCUT2D eigenvalue weighted by molar-refractivity contribution is 0.256. The van der Waals surface area contributed by atoms with Crippen LogP contribution in [0, 0.1) is 13.8 Å². The van der Waals surface area contributed by atoms with Gasteiger partial charge in [0.1, 0.15) is 0 Å². The number of rotatable bonds is 5. The van der Waals surface area contributed by atoms with E-state index in [-0.39, 0.29) is 15.5 Å². The second-order valence-electron chi connectivity index (χ2n) is 6.87. The number of hydrogen-bond acceptors (Lipinski definition) is 5. The number of sulfonamides is 1. The lowest BCUT2D eigenvalue weighted by Crippen LogP contribution is -2.34. The minimum atomic E-state index is -4.42. The van der Waals surface area contributed by atoms with E-state index in [2.05, 4.69) is 5.32 Å². The molecular weight excluding hydrogens is 440 g/mol. The van der Waals surface area contributed by atoms with Gasteiger partial charge in [-0.25, -0.2) is 17.9 Å². The monoisotopic (exact) mass is 460 g/mol. The summed E-state index contributed by atoms with van der Waals surface area (Å²) in [6, 6.07) is 15.6. The normalized spacial score (nSPS) is 11.7. The first-order valence-corrected chi connectivity index (χ1v) is 12.0. The summed E-state index contributed by atoms with van der Waals surface area (Å²) in [5.41, 5.74) is 2.73. The van der Waals surface area contributed by atoms with Crippen LogP contribution in [0.5, 0.6) is 0 Å². The standard InChI is InChI=1S/C21H20N2O6S2/c1-14-7-10-16(11-8-14)30(25,26)23-21(24)22-20-6-4-3-5-18(20)19-13-17(31(27,28)29)12-9-15(19)2/h3-13H,1-2H3,(H2,22,23,24)(H,27,28,29). The van der Waals surface area contributed by atoms with Crippen molar-refractivity contribution in [2.24, 2.45) is 0 Å². The molecule has 0 heterocycles. The number of anilines is 1. The Kier molecular flexibility index (Phi) is 6.16. The zero-order valence-electron chi connectivity index (χ0n) is 16.7. The van der Waals surface area contributed by atoms with Gasteiger partial charge < -0.3 is 5.32 Å². The Hall–Kier alpha value is -3.21. The minimum absolute atomic E-state index is 0.0572. The molecule has 0 unspecified atom stereocenters. The number of aryl methyl sites for hydroxylation is 2. The third-order valence-corrected chi connectivity index (χ3v) is 6.73. The van der Waals surface area contributed by atoms with E-state index < -0.39 is 26.2 Å². The van der Waals surface area contributed by atoms with Crippen molar-refractivity contribution in [1.29, 1.82) is 0 Å². The van der Waals surface area contributed by atoms with Gasteiger partial charge in [-0.3, -0.25) is 4.55 Å². The van der Waals surface area contributed by atoms with Gasteiger partial charge in [-0.05, 0) is 55.3 Å². The van der Waals surface area contributed by atoms with Crippen molar-refractivity contribution >= 4 is 31.9 Å². The largest absolute Gasteiger partial charge is 0.333 e. The quantitative estimate of drug-likeness (QED) is 0.498. The number of urea groups is 1. The lowest BCUT2D eigenvalue weighted by atomic mass is 9.99. The zero-order chi connectivity index (χ0) is 22.8. The highest BCUT2D eigenvalue weighted by Crippen LogP contribution is 2.32. The van der Waals surface area contributed by atoms with Gasteiger partial charge in [0.25, 0.3) is 20.1 Å². The number of para-hydroxylation sites is 1. The molecule has 0 atom stereocenters. The van der Waals surface area contributed by atoms with Gasteiger partial charge in [-0.15, -0.1) is 0 Å². The molecule has 3 aromatic rings. The molecular formula is C21H20N2O6S2. The van der Waals surface area contributed by atoms with E-state index in [1.54, 1.807) is 43.3 Å². The summed E-state index contributed by atoms with van der Waals surface area (Å²) < 4.78 is 59.2. The van der Waals surface area contributed by atoms with Crippen molar-refractivity contribution in [2.45, 2.75) is 23.6 Å². The van der Waals surface area contributed by atoms with Crippen molar-refractivity contribution in [3.8, 4) is 11.1 Å². The highest BCUT2D eigenvalue weighted by molar-refractivity contribution is 7.90. The van der Waals surface area contributed by atoms with Gasteiger partial charge in [-0.1, -0.05) is 42.0 Å². The maximum Gasteiger partial charge on any atom is 0.333 e. The molecule has 0 saturated carbocycles. The summed E-state index contributed by atoms with van der Waals surface area (Å²) in [6.07, 6.45) is 0. The molecule has 0 spiro atoms. The van der Waals surface area contributed by atoms with Crippen LogP contribution in [0.15, 0.2) is 76.5 Å². The van der Waals surface area contributed by atoms with Gasteiger partial charge in [0, 0.05) is 5.56 Å². The van der Waals surface area contributed by atoms with E-state index >= 15 is 0 Å². The third-order valence-electron chi connectivity index (χ3n) is 4.53. The molecule has 31 heavy (non-hydrogen) atoms. The lowest BCUT2D eigenvalue weighted by Gasteiger charge is -2.15. The number of hydrogen-bond donors (Lipinski definition) is 3. The van der Waals surface area contributed by atoms with E-state index in [1.165, 1.54) is 30.3 Å². The summed E-state index contributed by atoms with van der Waals surface area (Å²) in [5.74, 6) is 0. The zero-order valence-corrected chi connectivity index (χ0v) is 18.3. The Morgan fingerprint density at radius 3 is 2.06 bits per heavy atom. The third kappa shape index (κ3) is 5.29. The summed E-state index contributed by atoms with van der Waals surface area (Å²) in [6.45, 7) is 3.55. The van der Waals surface area contributed by atoms with Crippen LogP contribution in [-0.4, -0.2) is 27.4 Å². The van der Waals surface area contributed by atoms with Crippen molar-refractivity contribution in [1.82, 2.24) is 4.72 Å². The van der Waals surface area contributed by atoms with Crippen LogP contribution in [0.3, 0.4) is 0 Å². The number of carbonyl (C=O) groups is 1. The Balaban J connectivity index is 1.91. The van der Waals surface area contributed by atoms with Crippen molar-refractivity contribution in [2.75, 3.05) is 5.32 Å². The minimum Gasteiger partial charge on any atom is -0.307 e. The molecule has 162 valence electrons. The Labute approximate surface area is 180 Å². The van der Waals surface area contributed by atoms with Crippen LogP contribution in [0.4, 0.5) is 10.5 Å². The number of carbonyl (C=O) groups excluding carboxylic acids is 1. The highest BCUT2D eigenvalue weighted by Gasteiger charge is 2.19. The number of amides is 2. The van der Waals surface area contributed by atoms with Gasteiger partial charge >= 0.3 is 6.03 Å². The Bertz CT molecular complexity index is 1350. The first-order valence-electron chi connectivity index (χ1n) is 9.05. The van der Waals surface area contributed by atoms with Crippen LogP contribution in [-0.2, 0) is 20.1 Å². The maximum absolute atomic E-state index is 12.4. The fourth-order valence-electron chi connectivity index (χ4n) is 2.92. The summed E-state index contributed by atoms with van der Waals surface area (Å²) in [7, 11) is -8.51. The second kappa shape index (κ2) is 8.50. The number of nitrogens with one attached hydrogen (secondary N) is 2. The SMILES string of the molecule is Cc1ccc(S(=O)(=O)NC(=O)Nc2ccccc2-c2cc(S(=O)(=O)O)ccc2C)cc1. The smallest absolute Gasteiger partial charge is 0.307 e. The van der Waals surface area contributed by atoms with Gasteiger partial charge in [-0.2, -0.15) is 8.42 Å². The first kappa shape index (κ1) is 22.5. The van der Waals surface area contributed by atoms with Crippen LogP contribution in [0.25, 0.3) is 11.1 Å². The average molecular weight is 461 g/mol. The van der Waals surface area contributed by atoms with Gasteiger partial charge in [0.2, 0.25) is 0 Å². The predicted octanol–water partition coefficient (Wildman–Crippen LogP) is 3.73. The fourth-order valence-corrected chi connectivity index (χ4v) is 4.34. The van der Waals surface area contributed by atoms with Gasteiger partial charge in [0.05, 0.1) is 15.5 Å². The molecule has 0 aliphatic carbocycles. The van der Waals surface area contributed by atoms with Crippen LogP contribution < -0.4 is 10.0 Å². The second-order valence-corrected chi connectivity index (χ2v) is 9.97. The van der Waals surface area contributed by atoms with E-state index in [0.717, 1.165) is 5.56 Å². The van der Waals surface area contributed by atoms with Crippen LogP contribution in [0.2, 0.25) is 0 Å². The first-order chi connectivity index (χ1) is 14.5. The Morgan fingerprint density at radius 1 is 0.806 bits per heavy atom. The summed E-state index contributed by atoms with van der Waals surface area (Å²) >= 11 is 0. The van der Waals surface area contributed by atoms with Crippen molar-refractivity contribution in [3.63, 3.8) is 0 Å². The molecule has 10 heteroatoms. The summed E-state index contributed by atoms with van der Waals surface area (Å²) in [5, 5.41) is 2.49. The highest BCUT2D eigenvalue weighted by atomic mass is 32.2. The van der Waals surface area contributed by atoms with E-state index in [4.69, 9.17) is 0 Å². The number of benzene rings is 3. The molecule has 0 aliphatic heterocycles. The molecule has 3 rings (SSSR count). The Morgan fingerprint density at radius 2 is 1.42 bits per heavy atom. The average Bonchev–Trinajstić information content (AvgIpc) is 2.68. The van der Waals surface area contributed by atoms with Crippen molar-refractivity contribution in [3.05, 3.63) is 77.9 Å². The molecule has 0 aromatic heterocycles. The topological polar surface area (TPSA) is 130 Å². The molecule has 0 bridgehead atoms. The molecule has 0 aliphatic rings. The molecule has 8 nitrogen and oxygen atoms in total. The van der Waals surface area contributed by atoms with E-state index in [1.807, 2.05) is 11.6 Å². The maximum atomic E-state index is 12.4. The van der Waals surface area contributed by atoms with E-state index in [9.17, 15) is 26.2 Å². The predicted molar refractivity (Wildman–Crippen MR) is 117 cm³/mol. The van der Waals surface area contributed by atoms with Crippen LogP contribution in [0.1, 0.15) is 11.1 Å². The van der Waals surface area contributed by atoms with E-state index in [0.29, 0.717) is 16.7 Å². The molecule has 0 fully saturated rings. The molecule has 3 aromatic carbocycles. The van der Waals surface area contributed by atoms with Crippen LogP contribution >= 0.6 is 0 Å². The summed E-state index contributed by atoms with van der Waals surface area (Å²) in [4.78, 5) is 12.1. The molecule has 0 radical (unpaired) electrons. The molecule has 0 saturated heterocycles. The fraction of sp³-hybridized carbons (Fsp3) is 0.0952. The van der Waals surface area contributed by atoms with Crippen molar-refractivity contribution < 1.29 is 26.2 Å². The molecule has 3 N–H and O–H groups in total. The van der Waals surface area contributed by atoms with Gasteiger partial charge in [0.15, 0.2) is 0 Å².